The quantitative estimate of drug-likeness (QED) is 0.735. The van der Waals surface area contributed by atoms with Crippen molar-refractivity contribution in [3.8, 4) is 11.5 Å². The van der Waals surface area contributed by atoms with E-state index in [1.165, 1.54) is 25.6 Å². The second kappa shape index (κ2) is 9.72. The fourth-order valence-electron chi connectivity index (χ4n) is 2.95. The highest BCUT2D eigenvalue weighted by Gasteiger charge is 2.25. The van der Waals surface area contributed by atoms with Gasteiger partial charge in [-0.15, -0.1) is 23.7 Å². The van der Waals surface area contributed by atoms with Crippen LogP contribution in [0.4, 0.5) is 5.69 Å². The number of nitrogens with one attached hydrogen (secondary N) is 1. The lowest BCUT2D eigenvalue weighted by Crippen LogP contribution is -2.29. The average molecular weight is 427 g/mol. The second-order valence-electron chi connectivity index (χ2n) is 6.04. The molecule has 1 aliphatic heterocycles. The molecule has 2 aromatic rings. The van der Waals surface area contributed by atoms with Crippen molar-refractivity contribution in [1.82, 2.24) is 9.88 Å². The van der Waals surface area contributed by atoms with Gasteiger partial charge in [-0.05, 0) is 18.9 Å². The molecule has 2 heterocycles. The Hall–Kier alpha value is -2.36. The summed E-state index contributed by atoms with van der Waals surface area (Å²) in [7, 11) is 3.00. The summed E-state index contributed by atoms with van der Waals surface area (Å²) in [6, 6.07) is 3.19. The van der Waals surface area contributed by atoms with Gasteiger partial charge < -0.3 is 25.4 Å². The molecule has 3 rings (SSSR count). The number of thiazole rings is 1. The van der Waals surface area contributed by atoms with Crippen molar-refractivity contribution in [2.75, 3.05) is 32.6 Å². The summed E-state index contributed by atoms with van der Waals surface area (Å²) in [4.78, 5) is 31.5. The Morgan fingerprint density at radius 3 is 2.43 bits per heavy atom. The lowest BCUT2D eigenvalue weighted by Gasteiger charge is -2.20. The van der Waals surface area contributed by atoms with Crippen LogP contribution >= 0.6 is 23.7 Å². The number of carbonyl (C=O) groups is 2. The zero-order chi connectivity index (χ0) is 19.4. The Bertz CT molecular complexity index is 852. The maximum absolute atomic E-state index is 13.0. The van der Waals surface area contributed by atoms with E-state index in [9.17, 15) is 9.59 Å². The van der Waals surface area contributed by atoms with Gasteiger partial charge in [0.1, 0.15) is 10.7 Å². The van der Waals surface area contributed by atoms with E-state index in [0.29, 0.717) is 40.8 Å². The Morgan fingerprint density at radius 2 is 1.86 bits per heavy atom. The third kappa shape index (κ3) is 4.54. The van der Waals surface area contributed by atoms with Gasteiger partial charge >= 0.3 is 0 Å². The predicted octanol–water partition coefficient (Wildman–Crippen LogP) is 2.53. The van der Waals surface area contributed by atoms with Crippen molar-refractivity contribution < 1.29 is 19.1 Å². The van der Waals surface area contributed by atoms with Crippen LogP contribution in [-0.2, 0) is 6.54 Å². The first-order chi connectivity index (χ1) is 13.1. The van der Waals surface area contributed by atoms with Gasteiger partial charge in [0.2, 0.25) is 0 Å². The van der Waals surface area contributed by atoms with Crippen molar-refractivity contribution >= 4 is 41.2 Å². The molecule has 0 aliphatic carbocycles. The summed E-state index contributed by atoms with van der Waals surface area (Å²) >= 11 is 1.32. The molecule has 28 heavy (non-hydrogen) atoms. The Labute approximate surface area is 173 Å². The third-order valence-corrected chi connectivity index (χ3v) is 5.23. The Morgan fingerprint density at radius 1 is 1.21 bits per heavy atom. The predicted molar refractivity (Wildman–Crippen MR) is 110 cm³/mol. The number of likely N-dealkylation sites (tertiary alicyclic amines) is 1. The van der Waals surface area contributed by atoms with Crippen LogP contribution in [0, 0.1) is 0 Å². The van der Waals surface area contributed by atoms with Gasteiger partial charge in [-0.1, -0.05) is 0 Å². The first-order valence-electron chi connectivity index (χ1n) is 8.58. The van der Waals surface area contributed by atoms with Gasteiger partial charge in [0.15, 0.2) is 11.5 Å². The van der Waals surface area contributed by atoms with Crippen molar-refractivity contribution in [2.24, 2.45) is 5.73 Å². The Kier molecular flexibility index (Phi) is 7.61. The smallest absolute Gasteiger partial charge is 0.275 e. The molecule has 10 heteroatoms. The van der Waals surface area contributed by atoms with E-state index in [4.69, 9.17) is 15.2 Å². The molecule has 1 aromatic heterocycles. The van der Waals surface area contributed by atoms with Crippen molar-refractivity contribution in [1.29, 1.82) is 0 Å². The molecule has 0 bridgehead atoms. The van der Waals surface area contributed by atoms with Gasteiger partial charge in [0.05, 0.1) is 25.5 Å². The molecule has 0 atom stereocenters. The van der Waals surface area contributed by atoms with E-state index in [-0.39, 0.29) is 30.6 Å². The summed E-state index contributed by atoms with van der Waals surface area (Å²) in [5.74, 6) is 0.294. The van der Waals surface area contributed by atoms with Gasteiger partial charge in [0.25, 0.3) is 11.8 Å². The highest BCUT2D eigenvalue weighted by atomic mass is 35.5. The van der Waals surface area contributed by atoms with Gasteiger partial charge in [0, 0.05) is 31.1 Å². The number of hydrogen-bond acceptors (Lipinski definition) is 7. The molecule has 3 N–H and O–H groups in total. The van der Waals surface area contributed by atoms with E-state index >= 15 is 0 Å². The number of rotatable bonds is 6. The van der Waals surface area contributed by atoms with Crippen molar-refractivity contribution in [2.45, 2.75) is 19.4 Å². The zero-order valence-electron chi connectivity index (χ0n) is 15.7. The minimum absolute atomic E-state index is 0. The number of anilines is 1. The van der Waals surface area contributed by atoms with E-state index in [1.54, 1.807) is 22.4 Å². The van der Waals surface area contributed by atoms with Crippen LogP contribution in [0.15, 0.2) is 17.5 Å². The van der Waals surface area contributed by atoms with Gasteiger partial charge in [-0.2, -0.15) is 0 Å². The van der Waals surface area contributed by atoms with Gasteiger partial charge in [-0.25, -0.2) is 4.98 Å². The molecule has 2 amide bonds. The summed E-state index contributed by atoms with van der Waals surface area (Å²) in [6.45, 7) is 1.67. The normalized spacial score (nSPS) is 13.0. The lowest BCUT2D eigenvalue weighted by atomic mass is 10.1. The summed E-state index contributed by atoms with van der Waals surface area (Å²) < 4.78 is 10.6. The van der Waals surface area contributed by atoms with Crippen LogP contribution in [0.5, 0.6) is 11.5 Å². The number of methoxy groups -OCH3 is 2. The minimum Gasteiger partial charge on any atom is -0.493 e. The second-order valence-corrected chi connectivity index (χ2v) is 6.98. The monoisotopic (exact) mass is 426 g/mol. The maximum Gasteiger partial charge on any atom is 0.275 e. The molecule has 0 spiro atoms. The van der Waals surface area contributed by atoms with Crippen LogP contribution < -0.4 is 20.5 Å². The molecule has 0 radical (unpaired) electrons. The Balaban J connectivity index is 0.00000280. The summed E-state index contributed by atoms with van der Waals surface area (Å²) in [5, 5.41) is 5.08. The number of halogens is 1. The lowest BCUT2D eigenvalue weighted by molar-refractivity contribution is 0.0793. The number of benzene rings is 1. The van der Waals surface area contributed by atoms with E-state index in [2.05, 4.69) is 10.3 Å². The number of hydrogen-bond donors (Lipinski definition) is 2. The maximum atomic E-state index is 13.0. The zero-order valence-corrected chi connectivity index (χ0v) is 17.3. The van der Waals surface area contributed by atoms with E-state index in [0.717, 1.165) is 12.8 Å². The fraction of sp³-hybridized carbons (Fsp3) is 0.389. The first kappa shape index (κ1) is 21.9. The fourth-order valence-corrected chi connectivity index (χ4v) is 3.60. The third-order valence-electron chi connectivity index (χ3n) is 4.35. The van der Waals surface area contributed by atoms with Gasteiger partial charge in [-0.3, -0.25) is 9.59 Å². The number of aromatic nitrogens is 1. The molecular formula is C18H23ClN4O4S. The van der Waals surface area contributed by atoms with Crippen LogP contribution in [0.3, 0.4) is 0 Å². The topological polar surface area (TPSA) is 107 Å². The number of ether oxygens (including phenoxy) is 2. The van der Waals surface area contributed by atoms with Crippen molar-refractivity contribution in [3.05, 3.63) is 33.8 Å². The summed E-state index contributed by atoms with van der Waals surface area (Å²) in [6.07, 6.45) is 1.95. The summed E-state index contributed by atoms with van der Waals surface area (Å²) in [5.41, 5.74) is 6.53. The molecule has 0 unspecified atom stereocenters. The molecule has 8 nitrogen and oxygen atoms in total. The average Bonchev–Trinajstić information content (AvgIpc) is 3.38. The molecule has 1 fully saturated rings. The molecule has 1 aromatic carbocycles. The molecule has 1 aliphatic rings. The van der Waals surface area contributed by atoms with Crippen molar-refractivity contribution in [3.63, 3.8) is 0 Å². The number of nitrogens with zero attached hydrogens (tertiary/aromatic N) is 2. The molecule has 152 valence electrons. The van der Waals surface area contributed by atoms with Crippen LogP contribution in [0.2, 0.25) is 0 Å². The highest BCUT2D eigenvalue weighted by Crippen LogP contribution is 2.34. The largest absolute Gasteiger partial charge is 0.493 e. The van der Waals surface area contributed by atoms with Crippen LogP contribution in [0.1, 0.15) is 38.7 Å². The number of carbonyl (C=O) groups excluding carboxylic acids is 2. The first-order valence-corrected chi connectivity index (χ1v) is 9.46. The molecule has 0 saturated carbocycles. The number of amides is 2. The minimum atomic E-state index is -0.409. The SMILES string of the molecule is COc1cc(NC(=O)c2csc(CN)n2)c(C(=O)N2CCCC2)cc1OC.Cl. The number of nitrogens with two attached hydrogens (primary N) is 1. The standard InChI is InChI=1S/C18H22N4O4S.ClH/c1-25-14-7-11(18(24)22-5-3-4-6-22)12(8-15(14)26-2)21-17(23)13-10-27-16(9-19)20-13;/h7-8,10H,3-6,9,19H2,1-2H3,(H,21,23);1H. The molecular weight excluding hydrogens is 404 g/mol. The van der Waals surface area contributed by atoms with E-state index < -0.39 is 5.91 Å². The molecule has 1 saturated heterocycles. The van der Waals surface area contributed by atoms with Crippen LogP contribution in [-0.4, -0.2) is 49.0 Å². The van der Waals surface area contributed by atoms with E-state index in [1.807, 2.05) is 0 Å². The highest BCUT2D eigenvalue weighted by molar-refractivity contribution is 7.09. The van der Waals surface area contributed by atoms with Crippen LogP contribution in [0.25, 0.3) is 0 Å².